The highest BCUT2D eigenvalue weighted by molar-refractivity contribution is 7.85. The third-order valence-corrected chi connectivity index (χ3v) is 19.2. The third-order valence-electron chi connectivity index (χ3n) is 18.0. The summed E-state index contributed by atoms with van der Waals surface area (Å²) >= 11 is 0. The van der Waals surface area contributed by atoms with Gasteiger partial charge in [0.25, 0.3) is 0 Å². The topological polar surface area (TPSA) is 584 Å². The number of H-pyrrole nitrogens is 1. The fourth-order valence-corrected chi connectivity index (χ4v) is 12.8. The zero-order valence-electron chi connectivity index (χ0n) is 62.6. The number of rotatable bonds is 47. The number of amides is 11. The number of carbonyl (C=O) groups is 13. The van der Waals surface area contributed by atoms with Gasteiger partial charge in [-0.1, -0.05) is 85.5 Å². The number of carboxylic acids is 2. The van der Waals surface area contributed by atoms with Crippen LogP contribution in [0.25, 0.3) is 10.9 Å². The number of nitrogens with two attached hydrogens (primary N) is 4. The number of hydrogen-bond donors (Lipinski definition) is 19. The lowest BCUT2D eigenvalue weighted by atomic mass is 9.97. The van der Waals surface area contributed by atoms with E-state index in [0.29, 0.717) is 34.9 Å². The first kappa shape index (κ1) is 90.8. The van der Waals surface area contributed by atoms with Crippen LogP contribution in [0.4, 0.5) is 0 Å². The lowest BCUT2D eigenvalue weighted by Crippen LogP contribution is -2.63. The third kappa shape index (κ3) is 31.6. The molecule has 0 bridgehead atoms. The minimum Gasteiger partial charge on any atom is -0.508 e. The van der Waals surface area contributed by atoms with Gasteiger partial charge < -0.3 is 106 Å². The highest BCUT2D eigenvalue weighted by Crippen LogP contribution is 2.23. The number of allylic oxidation sites excluding steroid dienone is 5. The van der Waals surface area contributed by atoms with Gasteiger partial charge in [0.15, 0.2) is 5.96 Å². The second kappa shape index (κ2) is 45.9. The number of primary amides is 1. The Balaban J connectivity index is 1.52. The molecule has 2 unspecified atom stereocenters. The molecule has 3 aromatic rings. The Morgan fingerprint density at radius 3 is 1.89 bits per heavy atom. The second-order valence-electron chi connectivity index (χ2n) is 27.3. The molecular formula is C73H108N16O19S. The zero-order chi connectivity index (χ0) is 81.2. The molecule has 1 fully saturated rings. The Bertz CT molecular complexity index is 3820. The van der Waals surface area contributed by atoms with Crippen LogP contribution in [0, 0.1) is 5.92 Å². The van der Waals surface area contributed by atoms with E-state index in [-0.39, 0.29) is 69.1 Å². The Kier molecular flexibility index (Phi) is 38.3. The molecule has 11 amide bonds. The van der Waals surface area contributed by atoms with Crippen molar-refractivity contribution >= 4 is 105 Å². The number of likely N-dealkylation sites (tertiary alicyclic amines) is 1. The van der Waals surface area contributed by atoms with E-state index >= 15 is 0 Å². The molecule has 4 rings (SSSR count). The quantitative estimate of drug-likeness (QED) is 0.0132. The average Bonchev–Trinajstić information content (AvgIpc) is 1.70. The van der Waals surface area contributed by atoms with Crippen LogP contribution >= 0.6 is 0 Å². The second-order valence-corrected chi connectivity index (χ2v) is 28.8. The van der Waals surface area contributed by atoms with E-state index in [1.807, 2.05) is 27.7 Å². The maximum Gasteiger partial charge on any atom is 0.327 e. The maximum absolute atomic E-state index is 14.7. The van der Waals surface area contributed by atoms with E-state index in [1.165, 1.54) is 34.4 Å². The number of aliphatic hydroxyl groups is 2. The predicted molar refractivity (Wildman–Crippen MR) is 405 cm³/mol. The minimum absolute atomic E-state index is 0.00199. The van der Waals surface area contributed by atoms with Gasteiger partial charge in [-0.15, -0.1) is 0 Å². The number of phenols is 1. The number of benzene rings is 2. The molecule has 1 saturated heterocycles. The first-order valence-corrected chi connectivity index (χ1v) is 37.5. The summed E-state index contributed by atoms with van der Waals surface area (Å²) in [4.78, 5) is 185. The molecule has 0 aliphatic carbocycles. The first-order chi connectivity index (χ1) is 51.5. The number of aromatic nitrogens is 1. The number of aliphatic carboxylic acids is 2. The monoisotopic (exact) mass is 1540 g/mol. The Hall–Kier alpha value is -10.6. The SMILES string of the molecule is CC[C@H](C)[C@H](NC(=O)[C@H](CCC(=O)O)NC(=O)[C@@H]1CCCN1C(=O)[C@@H](N)Cc1ccc(O)cc1)C(=O)N[C@@H](CO)C(=O)N[C@@H](Cc1c[nH]c2ccccc12)C(=O)N[C@H](C(=O)N[C@@H](CCCN=C(N)N)C(=O)N[C@@H](CC(N)=O)C(=O)NCC(=O)NC(CS(=O)C/C=C(\C)CC/C=C(\C)CCC=C(C)C)C(=O)O)[C@@H](C)O. The van der Waals surface area contributed by atoms with Gasteiger partial charge in [-0.25, -0.2) is 4.79 Å². The van der Waals surface area contributed by atoms with Crippen molar-refractivity contribution < 1.29 is 92.1 Å². The van der Waals surface area contributed by atoms with Gasteiger partial charge in [0, 0.05) is 59.6 Å². The number of guanidine groups is 1. The number of aliphatic imine (C=N–C) groups is 1. The van der Waals surface area contributed by atoms with E-state index in [0.717, 1.165) is 31.8 Å². The molecule has 35 nitrogen and oxygen atoms in total. The summed E-state index contributed by atoms with van der Waals surface area (Å²) in [6.45, 7) is 10.3. The zero-order valence-corrected chi connectivity index (χ0v) is 63.4. The summed E-state index contributed by atoms with van der Waals surface area (Å²) < 4.78 is 13.0. The standard InChI is InChI=1S/C73H108N16O19S/c1-8-43(6)61(87-65(99)52(27-28-60(95)96)82-68(102)57-22-14-31-89(57)71(105)49(74)33-45-23-25-47(92)26-24-45)69(103)86-55(38-90)67(101)84-53(34-46-36-79-50-20-10-9-19-48(46)50)66(100)88-62(44(7)91)70(104)83-51(21-13-30-78-73(76)77)64(98)85-54(35-58(75)93)63(97)80-37-59(94)81-56(72(106)107)39-109(108)32-29-42(5)18-12-17-41(4)16-11-15-40(2)3/h9-10,15,17,19-20,23-26,29,36,43-44,49,51-57,61-62,79,90-92H,8,11-14,16,18,21-22,27-28,30-35,37-39,74H2,1-7H3,(H2,75,93)(H,80,97)(H,81,94)(H,82,102)(H,83,104)(H,84,101)(H,85,98)(H,86,103)(H,87,99)(H,88,100)(H,95,96)(H,106,107)(H4,76,77,78)/b41-17+,42-29+/t43-,44+,49-,51-,52-,53-,54-,55-,56?,57-,61-,62-,109?/m0/s1. The summed E-state index contributed by atoms with van der Waals surface area (Å²) in [5.74, 6) is -16.0. The summed E-state index contributed by atoms with van der Waals surface area (Å²) in [6, 6.07) is -3.31. The average molecular weight is 1550 g/mol. The van der Waals surface area contributed by atoms with Gasteiger partial charge in [-0.3, -0.25) is 66.7 Å². The molecule has 1 aliphatic rings. The highest BCUT2D eigenvalue weighted by atomic mass is 32.2. The van der Waals surface area contributed by atoms with Crippen molar-refractivity contribution in [3.8, 4) is 5.75 Å². The molecule has 2 aromatic carbocycles. The van der Waals surface area contributed by atoms with Crippen LogP contribution in [0.3, 0.4) is 0 Å². The number of carbonyl (C=O) groups excluding carboxylic acids is 11. The van der Waals surface area contributed by atoms with E-state index in [9.17, 15) is 92.1 Å². The summed E-state index contributed by atoms with van der Waals surface area (Å²) in [5.41, 5.74) is 27.8. The van der Waals surface area contributed by atoms with Crippen molar-refractivity contribution in [1.82, 2.24) is 57.7 Å². The Morgan fingerprint density at radius 1 is 0.679 bits per heavy atom. The molecule has 2 heterocycles. The van der Waals surface area contributed by atoms with E-state index < -0.39 is 198 Å². The smallest absolute Gasteiger partial charge is 0.327 e. The Morgan fingerprint density at radius 2 is 1.27 bits per heavy atom. The molecule has 0 radical (unpaired) electrons. The van der Waals surface area contributed by atoms with Crippen LogP contribution in [-0.4, -0.2) is 227 Å². The van der Waals surface area contributed by atoms with Crippen LogP contribution in [0.1, 0.15) is 137 Å². The van der Waals surface area contributed by atoms with Crippen LogP contribution in [0.2, 0.25) is 0 Å². The Labute approximate surface area is 634 Å². The van der Waals surface area contributed by atoms with E-state index in [4.69, 9.17) is 22.9 Å². The maximum atomic E-state index is 14.7. The van der Waals surface area contributed by atoms with Gasteiger partial charge in [0.2, 0.25) is 65.0 Å². The largest absolute Gasteiger partial charge is 0.508 e. The van der Waals surface area contributed by atoms with Gasteiger partial charge in [-0.05, 0) is 134 Å². The number of para-hydroxylation sites is 1. The predicted octanol–water partition coefficient (Wildman–Crippen LogP) is -1.56. The molecule has 109 heavy (non-hydrogen) atoms. The molecule has 36 heteroatoms. The normalized spacial score (nSPS) is 16.2. The van der Waals surface area contributed by atoms with Crippen molar-refractivity contribution in [3.63, 3.8) is 0 Å². The molecular weight excluding hydrogens is 1440 g/mol. The number of nitrogens with one attached hydrogen (secondary N) is 10. The number of aromatic amines is 1. The van der Waals surface area contributed by atoms with Gasteiger partial charge in [0.05, 0.1) is 37.5 Å². The lowest BCUT2D eigenvalue weighted by Gasteiger charge is -2.30. The van der Waals surface area contributed by atoms with Crippen molar-refractivity contribution in [1.29, 1.82) is 0 Å². The number of fused-ring (bicyclic) bond motifs is 1. The molecule has 600 valence electrons. The number of phenolic OH excluding ortho intramolecular Hbond substituents is 1. The molecule has 13 atom stereocenters. The van der Waals surface area contributed by atoms with Crippen LogP contribution < -0.4 is 70.8 Å². The fraction of sp³-hybridized carbons (Fsp3) is 0.534. The molecule has 23 N–H and O–H groups in total. The lowest BCUT2D eigenvalue weighted by molar-refractivity contribution is -0.141. The summed E-state index contributed by atoms with van der Waals surface area (Å²) in [7, 11) is -1.76. The molecule has 0 spiro atoms. The van der Waals surface area contributed by atoms with Crippen molar-refractivity contribution in [2.75, 3.05) is 37.7 Å². The first-order valence-electron chi connectivity index (χ1n) is 36.0. The van der Waals surface area contributed by atoms with Gasteiger partial charge >= 0.3 is 11.9 Å². The summed E-state index contributed by atoms with van der Waals surface area (Å²) in [5, 5.41) is 73.2. The number of aliphatic hydroxyl groups excluding tert-OH is 2. The number of hydrogen-bond acceptors (Lipinski definition) is 19. The van der Waals surface area contributed by atoms with Crippen LogP contribution in [0.5, 0.6) is 5.75 Å². The van der Waals surface area contributed by atoms with Crippen LogP contribution in [0.15, 0.2) is 94.7 Å². The number of nitrogens with zero attached hydrogens (tertiary/aromatic N) is 2. The number of carboxylic acid groups (broad SMARTS) is 2. The van der Waals surface area contributed by atoms with Crippen molar-refractivity contribution in [2.45, 2.75) is 205 Å². The minimum atomic E-state index is -1.97. The van der Waals surface area contributed by atoms with Crippen molar-refractivity contribution in [2.24, 2.45) is 33.8 Å². The van der Waals surface area contributed by atoms with E-state index in [2.05, 4.69) is 70.0 Å². The van der Waals surface area contributed by atoms with E-state index in [1.54, 1.807) is 56.3 Å². The number of aromatic hydroxyl groups is 1. The van der Waals surface area contributed by atoms with Crippen LogP contribution in [-0.2, 0) is 86.0 Å². The van der Waals surface area contributed by atoms with Crippen molar-refractivity contribution in [3.05, 3.63) is 101 Å². The molecule has 0 saturated carbocycles. The highest BCUT2D eigenvalue weighted by Gasteiger charge is 2.41. The molecule has 1 aromatic heterocycles. The molecule has 1 aliphatic heterocycles. The fourth-order valence-electron chi connectivity index (χ4n) is 11.6. The summed E-state index contributed by atoms with van der Waals surface area (Å²) in [6.07, 6.45) is 7.09. The van der Waals surface area contributed by atoms with Gasteiger partial charge in [0.1, 0.15) is 60.1 Å². The van der Waals surface area contributed by atoms with Gasteiger partial charge in [-0.2, -0.15) is 0 Å².